The van der Waals surface area contributed by atoms with Crippen LogP contribution >= 0.6 is 0 Å². The number of anilines is 3. The highest BCUT2D eigenvalue weighted by Crippen LogP contribution is 2.63. The fourth-order valence-corrected chi connectivity index (χ4v) is 12.5. The molecule has 2 nitrogen and oxygen atoms in total. The Morgan fingerprint density at radius 2 is 0.824 bits per heavy atom. The van der Waals surface area contributed by atoms with Gasteiger partial charge in [-0.3, -0.25) is 4.98 Å². The molecule has 314 valence electrons. The number of aromatic nitrogens is 1. The summed E-state index contributed by atoms with van der Waals surface area (Å²) in [6, 6.07) is 87.8. The van der Waals surface area contributed by atoms with Crippen molar-refractivity contribution in [2.24, 2.45) is 0 Å². The normalized spacial score (nSPS) is 13.4. The van der Waals surface area contributed by atoms with E-state index in [1.54, 1.807) is 0 Å². The average Bonchev–Trinajstić information content (AvgIpc) is 3.69. The van der Waals surface area contributed by atoms with Gasteiger partial charge < -0.3 is 4.90 Å². The highest BCUT2D eigenvalue weighted by atomic mass is 15.2. The van der Waals surface area contributed by atoms with Gasteiger partial charge in [0, 0.05) is 23.0 Å². The van der Waals surface area contributed by atoms with Crippen molar-refractivity contribution < 1.29 is 0 Å². The van der Waals surface area contributed by atoms with Crippen molar-refractivity contribution in [2.45, 2.75) is 5.41 Å². The number of hydrogen-bond acceptors (Lipinski definition) is 2. The van der Waals surface area contributed by atoms with E-state index >= 15 is 0 Å². The maximum atomic E-state index is 5.29. The molecule has 1 spiro atoms. The zero-order chi connectivity index (χ0) is 44.5. The Bertz CT molecular complexity index is 4040. The van der Waals surface area contributed by atoms with Crippen molar-refractivity contribution >= 4 is 70.9 Å². The van der Waals surface area contributed by atoms with Gasteiger partial charge in [0.25, 0.3) is 0 Å². The molecule has 2 heteroatoms. The highest BCUT2D eigenvalue weighted by molar-refractivity contribution is 6.26. The molecule has 2 heterocycles. The molecule has 13 aromatic rings. The summed E-state index contributed by atoms with van der Waals surface area (Å²) >= 11 is 0. The van der Waals surface area contributed by atoms with Gasteiger partial charge in [0.1, 0.15) is 0 Å². The molecular weight excluding hydrogens is 821 g/mol. The van der Waals surface area contributed by atoms with E-state index in [0.29, 0.717) is 0 Å². The molecule has 1 aliphatic carbocycles. The molecule has 0 bridgehead atoms. The van der Waals surface area contributed by atoms with Crippen LogP contribution in [0.5, 0.6) is 0 Å². The van der Waals surface area contributed by atoms with E-state index < -0.39 is 5.41 Å². The lowest BCUT2D eigenvalue weighted by atomic mass is 9.64. The molecule has 15 rings (SSSR count). The summed E-state index contributed by atoms with van der Waals surface area (Å²) in [5.41, 5.74) is 17.6. The van der Waals surface area contributed by atoms with Crippen LogP contribution in [0.2, 0.25) is 0 Å². The summed E-state index contributed by atoms with van der Waals surface area (Å²) in [7, 11) is 0. The minimum absolute atomic E-state index is 0.493. The number of pyridine rings is 1. The first kappa shape index (κ1) is 37.4. The molecule has 12 aromatic carbocycles. The molecule has 0 atom stereocenters. The van der Waals surface area contributed by atoms with Gasteiger partial charge in [-0.25, -0.2) is 0 Å². The minimum atomic E-state index is -0.493. The van der Waals surface area contributed by atoms with Crippen molar-refractivity contribution in [3.05, 3.63) is 265 Å². The van der Waals surface area contributed by atoms with E-state index in [4.69, 9.17) is 4.98 Å². The fraction of sp³-hybridized carbons (Fsp3) is 0.0152. The Kier molecular flexibility index (Phi) is 7.74. The van der Waals surface area contributed by atoms with Gasteiger partial charge in [-0.15, -0.1) is 0 Å². The van der Waals surface area contributed by atoms with Crippen LogP contribution in [-0.4, -0.2) is 4.98 Å². The van der Waals surface area contributed by atoms with Crippen LogP contribution in [0.1, 0.15) is 22.3 Å². The molecule has 1 aliphatic heterocycles. The summed E-state index contributed by atoms with van der Waals surface area (Å²) in [4.78, 5) is 7.73. The summed E-state index contributed by atoms with van der Waals surface area (Å²) in [6.07, 6.45) is 2.09. The Balaban J connectivity index is 0.873. The molecule has 0 fully saturated rings. The molecule has 1 aromatic heterocycles. The van der Waals surface area contributed by atoms with Gasteiger partial charge in [0.05, 0.1) is 22.5 Å². The van der Waals surface area contributed by atoms with Crippen molar-refractivity contribution in [3.63, 3.8) is 0 Å². The van der Waals surface area contributed by atoms with Gasteiger partial charge in [0.2, 0.25) is 0 Å². The van der Waals surface area contributed by atoms with Gasteiger partial charge in [-0.2, -0.15) is 0 Å². The lowest BCUT2D eigenvalue weighted by Gasteiger charge is -2.45. The Morgan fingerprint density at radius 3 is 1.44 bits per heavy atom. The standard InChI is InChI=1S/C66H40N2/c1-2-17-48(18-3-1)68-60-27-12-10-25-57(60)66(58-26-11-13-28-61(58)68)55-24-9-8-19-49(55)54-39-43(33-35-56(54)66)59-36-34-46(40-67-59)64-50-20-4-6-22-52(50)65(53-23-7-5-21-51(53)64)47-37-44-31-29-41-15-14-16-42-30-32-45(38-47)63(44)62(41)42/h1-40H. The molecule has 0 unspecified atom stereocenters. The SMILES string of the molecule is c1ccc(N2c3ccccc3C3(c4ccccc4-c4cc(-c5ccc(-c6c7ccccc7c(-c7cc8ccc9cccc%10ccc(c7)c8c9%10)c7ccccc67)cn5)ccc43)c3ccccc32)cc1. The first-order valence-corrected chi connectivity index (χ1v) is 23.6. The smallest absolute Gasteiger partial charge is 0.0754 e. The number of fused-ring (bicyclic) bond motifs is 11. The Morgan fingerprint density at radius 1 is 0.324 bits per heavy atom. The van der Waals surface area contributed by atoms with Crippen LogP contribution in [0.15, 0.2) is 243 Å². The molecule has 0 radical (unpaired) electrons. The number of rotatable bonds is 4. The predicted octanol–water partition coefficient (Wildman–Crippen LogP) is 17.4. The Hall–Kier alpha value is -8.85. The summed E-state index contributed by atoms with van der Waals surface area (Å²) in [5.74, 6) is 0. The van der Waals surface area contributed by atoms with Crippen molar-refractivity contribution in [2.75, 3.05) is 4.90 Å². The third-order valence-corrected chi connectivity index (χ3v) is 15.2. The maximum absolute atomic E-state index is 5.29. The van der Waals surface area contributed by atoms with Crippen molar-refractivity contribution in [1.82, 2.24) is 4.98 Å². The second kappa shape index (κ2) is 14.1. The van der Waals surface area contributed by atoms with E-state index in [0.717, 1.165) is 22.5 Å². The summed E-state index contributed by atoms with van der Waals surface area (Å²) in [5, 5.41) is 12.7. The van der Waals surface area contributed by atoms with E-state index in [1.165, 1.54) is 115 Å². The molecule has 68 heavy (non-hydrogen) atoms. The third kappa shape index (κ3) is 5.04. The third-order valence-electron chi connectivity index (χ3n) is 15.2. The van der Waals surface area contributed by atoms with Crippen LogP contribution in [0.4, 0.5) is 17.1 Å². The second-order valence-electron chi connectivity index (χ2n) is 18.5. The lowest BCUT2D eigenvalue weighted by molar-refractivity contribution is 0.752. The van der Waals surface area contributed by atoms with Crippen LogP contribution < -0.4 is 4.90 Å². The highest BCUT2D eigenvalue weighted by Gasteiger charge is 2.51. The molecule has 0 N–H and O–H groups in total. The van der Waals surface area contributed by atoms with Crippen LogP contribution in [0, 0.1) is 0 Å². The molecule has 0 saturated carbocycles. The monoisotopic (exact) mass is 860 g/mol. The quantitative estimate of drug-likeness (QED) is 0.129. The first-order valence-electron chi connectivity index (χ1n) is 23.6. The molecule has 0 saturated heterocycles. The van der Waals surface area contributed by atoms with Crippen LogP contribution in [0.25, 0.3) is 98.5 Å². The molecular formula is C66H40N2. The number of hydrogen-bond donors (Lipinski definition) is 0. The van der Waals surface area contributed by atoms with Gasteiger partial charge in [-0.05, 0) is 152 Å². The van der Waals surface area contributed by atoms with E-state index in [-0.39, 0.29) is 0 Å². The first-order chi connectivity index (χ1) is 33.7. The largest absolute Gasteiger partial charge is 0.310 e. The number of benzene rings is 12. The topological polar surface area (TPSA) is 16.1 Å². The predicted molar refractivity (Wildman–Crippen MR) is 285 cm³/mol. The second-order valence-corrected chi connectivity index (χ2v) is 18.5. The molecule has 0 amide bonds. The Labute approximate surface area is 394 Å². The zero-order valence-corrected chi connectivity index (χ0v) is 37.0. The lowest BCUT2D eigenvalue weighted by Crippen LogP contribution is -2.36. The maximum Gasteiger partial charge on any atom is 0.0754 e. The minimum Gasteiger partial charge on any atom is -0.310 e. The van der Waals surface area contributed by atoms with Crippen LogP contribution in [-0.2, 0) is 5.41 Å². The van der Waals surface area contributed by atoms with E-state index in [9.17, 15) is 0 Å². The number of para-hydroxylation sites is 3. The van der Waals surface area contributed by atoms with Crippen molar-refractivity contribution in [3.8, 4) is 44.6 Å². The van der Waals surface area contributed by atoms with Gasteiger partial charge in [-0.1, -0.05) is 188 Å². The summed E-state index contributed by atoms with van der Waals surface area (Å²) < 4.78 is 0. The fourth-order valence-electron chi connectivity index (χ4n) is 12.5. The zero-order valence-electron chi connectivity index (χ0n) is 37.0. The van der Waals surface area contributed by atoms with Gasteiger partial charge in [0.15, 0.2) is 0 Å². The average molecular weight is 861 g/mol. The van der Waals surface area contributed by atoms with Crippen LogP contribution in [0.3, 0.4) is 0 Å². The van der Waals surface area contributed by atoms with Crippen molar-refractivity contribution in [1.29, 1.82) is 0 Å². The van der Waals surface area contributed by atoms with Gasteiger partial charge >= 0.3 is 0 Å². The number of nitrogens with zero attached hydrogens (tertiary/aromatic N) is 2. The molecule has 2 aliphatic rings. The summed E-state index contributed by atoms with van der Waals surface area (Å²) in [6.45, 7) is 0. The van der Waals surface area contributed by atoms with E-state index in [2.05, 4.69) is 248 Å². The van der Waals surface area contributed by atoms with E-state index in [1.807, 2.05) is 0 Å².